The number of likely N-dealkylation sites (tertiary alicyclic amines) is 1. The van der Waals surface area contributed by atoms with Gasteiger partial charge in [-0.25, -0.2) is 0 Å². The SMILES string of the molecule is C1CC[NH+](CC2COC3(CCCC3)O2)C1. The Kier molecular flexibility index (Phi) is 2.71. The molecule has 1 spiro atoms. The van der Waals surface area contributed by atoms with Crippen LogP contribution in [0.5, 0.6) is 0 Å². The maximum absolute atomic E-state index is 6.13. The third-order valence-electron chi connectivity index (χ3n) is 4.11. The van der Waals surface area contributed by atoms with Gasteiger partial charge in [-0.05, 0) is 12.8 Å². The predicted octanol–water partition coefficient (Wildman–Crippen LogP) is 0.351. The van der Waals surface area contributed by atoms with Gasteiger partial charge in [-0.1, -0.05) is 0 Å². The molecule has 1 unspecified atom stereocenters. The highest BCUT2D eigenvalue weighted by Crippen LogP contribution is 2.38. The minimum Gasteiger partial charge on any atom is -0.347 e. The standard InChI is InChI=1S/C12H21NO2/c1-2-6-12(5-1)14-10-11(15-12)9-13-7-3-4-8-13/h11H,1-10H2/p+1. The first-order chi connectivity index (χ1) is 7.36. The molecule has 1 N–H and O–H groups in total. The Morgan fingerprint density at radius 3 is 2.53 bits per heavy atom. The van der Waals surface area contributed by atoms with Crippen molar-refractivity contribution in [3.8, 4) is 0 Å². The second kappa shape index (κ2) is 4.04. The zero-order valence-corrected chi connectivity index (χ0v) is 9.46. The first-order valence-corrected chi connectivity index (χ1v) is 6.52. The van der Waals surface area contributed by atoms with Crippen molar-refractivity contribution in [1.29, 1.82) is 0 Å². The van der Waals surface area contributed by atoms with Gasteiger partial charge in [0.2, 0.25) is 0 Å². The molecule has 0 radical (unpaired) electrons. The van der Waals surface area contributed by atoms with Crippen LogP contribution in [0.3, 0.4) is 0 Å². The van der Waals surface area contributed by atoms with Crippen LogP contribution in [0, 0.1) is 0 Å². The highest BCUT2D eigenvalue weighted by Gasteiger charge is 2.44. The van der Waals surface area contributed by atoms with Crippen molar-refractivity contribution in [1.82, 2.24) is 0 Å². The summed E-state index contributed by atoms with van der Waals surface area (Å²) in [5.74, 6) is -0.149. The number of quaternary nitrogens is 1. The number of rotatable bonds is 2. The average Bonchev–Trinajstić information content (AvgIpc) is 2.92. The molecule has 3 rings (SSSR count). The van der Waals surface area contributed by atoms with Crippen molar-refractivity contribution in [3.63, 3.8) is 0 Å². The van der Waals surface area contributed by atoms with Crippen LogP contribution >= 0.6 is 0 Å². The molecule has 1 atom stereocenters. The van der Waals surface area contributed by atoms with Gasteiger partial charge in [-0.3, -0.25) is 0 Å². The fourth-order valence-corrected chi connectivity index (χ4v) is 3.29. The van der Waals surface area contributed by atoms with Gasteiger partial charge in [0.25, 0.3) is 0 Å². The van der Waals surface area contributed by atoms with E-state index in [1.54, 1.807) is 4.90 Å². The molecule has 3 fully saturated rings. The zero-order valence-electron chi connectivity index (χ0n) is 9.46. The molecule has 0 bridgehead atoms. The van der Waals surface area contributed by atoms with E-state index < -0.39 is 0 Å². The molecule has 3 aliphatic rings. The lowest BCUT2D eigenvalue weighted by Crippen LogP contribution is -3.11. The molecular weight excluding hydrogens is 190 g/mol. The molecule has 0 aromatic heterocycles. The minimum atomic E-state index is -0.149. The Bertz CT molecular complexity index is 220. The van der Waals surface area contributed by atoms with Gasteiger partial charge in [-0.2, -0.15) is 0 Å². The fraction of sp³-hybridized carbons (Fsp3) is 1.00. The average molecular weight is 212 g/mol. The van der Waals surface area contributed by atoms with Crippen LogP contribution < -0.4 is 4.90 Å². The zero-order chi connectivity index (χ0) is 10.1. The first kappa shape index (κ1) is 10.1. The minimum absolute atomic E-state index is 0.149. The number of hydrogen-bond acceptors (Lipinski definition) is 2. The molecule has 0 aromatic carbocycles. The third-order valence-corrected chi connectivity index (χ3v) is 4.11. The molecule has 2 aliphatic heterocycles. The van der Waals surface area contributed by atoms with Crippen molar-refractivity contribution in [2.24, 2.45) is 0 Å². The lowest BCUT2D eigenvalue weighted by atomic mass is 10.2. The first-order valence-electron chi connectivity index (χ1n) is 6.52. The summed E-state index contributed by atoms with van der Waals surface area (Å²) in [6.45, 7) is 4.69. The molecule has 3 nitrogen and oxygen atoms in total. The Balaban J connectivity index is 1.52. The van der Waals surface area contributed by atoms with Crippen LogP contribution in [0.1, 0.15) is 38.5 Å². The van der Waals surface area contributed by atoms with Crippen molar-refractivity contribution >= 4 is 0 Å². The van der Waals surface area contributed by atoms with E-state index in [4.69, 9.17) is 9.47 Å². The predicted molar refractivity (Wildman–Crippen MR) is 56.8 cm³/mol. The second-order valence-electron chi connectivity index (χ2n) is 5.33. The largest absolute Gasteiger partial charge is 0.347 e. The van der Waals surface area contributed by atoms with Gasteiger partial charge >= 0.3 is 0 Å². The molecule has 2 saturated heterocycles. The van der Waals surface area contributed by atoms with Crippen LogP contribution in [0.15, 0.2) is 0 Å². The number of ether oxygens (including phenoxy) is 2. The van der Waals surface area contributed by atoms with E-state index in [-0.39, 0.29) is 5.79 Å². The van der Waals surface area contributed by atoms with Gasteiger partial charge in [-0.15, -0.1) is 0 Å². The molecular formula is C12H22NO2+. The summed E-state index contributed by atoms with van der Waals surface area (Å²) in [4.78, 5) is 1.72. The topological polar surface area (TPSA) is 22.9 Å². The Morgan fingerprint density at radius 1 is 1.07 bits per heavy atom. The third kappa shape index (κ3) is 2.05. The molecule has 15 heavy (non-hydrogen) atoms. The molecule has 86 valence electrons. The summed E-state index contributed by atoms with van der Waals surface area (Å²) >= 11 is 0. The molecule has 3 heteroatoms. The van der Waals surface area contributed by atoms with Crippen LogP contribution in [0.2, 0.25) is 0 Å². The highest BCUT2D eigenvalue weighted by atomic mass is 16.7. The van der Waals surface area contributed by atoms with E-state index >= 15 is 0 Å². The van der Waals surface area contributed by atoms with Crippen molar-refractivity contribution in [2.75, 3.05) is 26.2 Å². The lowest BCUT2D eigenvalue weighted by molar-refractivity contribution is -0.890. The van der Waals surface area contributed by atoms with E-state index in [1.165, 1.54) is 45.3 Å². The summed E-state index contributed by atoms with van der Waals surface area (Å²) in [6.07, 6.45) is 7.98. The molecule has 2 heterocycles. The summed E-state index contributed by atoms with van der Waals surface area (Å²) in [5.41, 5.74) is 0. The van der Waals surface area contributed by atoms with E-state index in [2.05, 4.69) is 0 Å². The maximum atomic E-state index is 6.13. The summed E-state index contributed by atoms with van der Waals surface area (Å²) in [5, 5.41) is 0. The van der Waals surface area contributed by atoms with Crippen molar-refractivity contribution < 1.29 is 14.4 Å². The summed E-state index contributed by atoms with van der Waals surface area (Å²) in [7, 11) is 0. The van der Waals surface area contributed by atoms with Crippen LogP contribution in [0.4, 0.5) is 0 Å². The number of hydrogen-bond donors (Lipinski definition) is 1. The van der Waals surface area contributed by atoms with E-state index in [1.807, 2.05) is 0 Å². The summed E-state index contributed by atoms with van der Waals surface area (Å²) < 4.78 is 12.0. The van der Waals surface area contributed by atoms with Crippen LogP contribution in [-0.2, 0) is 9.47 Å². The Hall–Kier alpha value is -0.120. The van der Waals surface area contributed by atoms with Gasteiger partial charge in [0.1, 0.15) is 12.6 Å². The second-order valence-corrected chi connectivity index (χ2v) is 5.33. The highest BCUT2D eigenvalue weighted by molar-refractivity contribution is 4.83. The van der Waals surface area contributed by atoms with Gasteiger partial charge in [0, 0.05) is 25.7 Å². The molecule has 1 saturated carbocycles. The van der Waals surface area contributed by atoms with Crippen molar-refractivity contribution in [2.45, 2.75) is 50.4 Å². The Morgan fingerprint density at radius 2 is 1.80 bits per heavy atom. The van der Waals surface area contributed by atoms with Gasteiger partial charge in [0.05, 0.1) is 19.7 Å². The van der Waals surface area contributed by atoms with E-state index in [0.717, 1.165) is 19.4 Å². The Labute approximate surface area is 91.7 Å². The summed E-state index contributed by atoms with van der Waals surface area (Å²) in [6, 6.07) is 0. The smallest absolute Gasteiger partial charge is 0.169 e. The normalized spacial score (nSPS) is 35.6. The molecule has 0 amide bonds. The lowest BCUT2D eigenvalue weighted by Gasteiger charge is -2.22. The van der Waals surface area contributed by atoms with E-state index in [9.17, 15) is 0 Å². The number of nitrogens with one attached hydrogen (secondary N) is 1. The van der Waals surface area contributed by atoms with Crippen LogP contribution in [-0.4, -0.2) is 38.1 Å². The maximum Gasteiger partial charge on any atom is 0.169 e. The quantitative estimate of drug-likeness (QED) is 0.714. The molecule has 1 aliphatic carbocycles. The van der Waals surface area contributed by atoms with Gasteiger partial charge < -0.3 is 14.4 Å². The monoisotopic (exact) mass is 212 g/mol. The van der Waals surface area contributed by atoms with Gasteiger partial charge in [0.15, 0.2) is 5.79 Å². The van der Waals surface area contributed by atoms with Crippen molar-refractivity contribution in [3.05, 3.63) is 0 Å². The van der Waals surface area contributed by atoms with E-state index in [0.29, 0.717) is 6.10 Å². The van der Waals surface area contributed by atoms with Crippen LogP contribution in [0.25, 0.3) is 0 Å². The fourth-order valence-electron chi connectivity index (χ4n) is 3.29. The molecule has 0 aromatic rings.